The molecule has 0 atom stereocenters. The number of esters is 1. The van der Waals surface area contributed by atoms with Crippen molar-refractivity contribution in [3.63, 3.8) is 0 Å². The van der Waals surface area contributed by atoms with E-state index in [9.17, 15) is 4.79 Å². The van der Waals surface area contributed by atoms with Crippen LogP contribution in [-0.2, 0) is 4.74 Å². The molecule has 2 aromatic rings. The molecule has 0 fully saturated rings. The number of ether oxygens (including phenoxy) is 1. The Labute approximate surface area is 126 Å². The van der Waals surface area contributed by atoms with Gasteiger partial charge in [0.15, 0.2) is 5.69 Å². The van der Waals surface area contributed by atoms with Gasteiger partial charge in [-0.15, -0.1) is 0 Å². The zero-order valence-electron chi connectivity index (χ0n) is 11.0. The first kappa shape index (κ1) is 14.0. The smallest absolute Gasteiger partial charge is 0.357 e. The lowest BCUT2D eigenvalue weighted by Gasteiger charge is -2.07. The molecule has 4 heteroatoms. The van der Waals surface area contributed by atoms with Crippen LogP contribution in [0.2, 0.25) is 0 Å². The minimum Gasteiger partial charge on any atom is -0.464 e. The van der Waals surface area contributed by atoms with Crippen LogP contribution in [0.25, 0.3) is 11.1 Å². The number of methoxy groups -OCH3 is 1. The van der Waals surface area contributed by atoms with Crippen molar-refractivity contribution < 1.29 is 9.53 Å². The molecule has 1 heterocycles. The molecule has 0 aliphatic rings. The van der Waals surface area contributed by atoms with Crippen molar-refractivity contribution in [1.29, 1.82) is 0 Å². The van der Waals surface area contributed by atoms with E-state index in [1.165, 1.54) is 18.2 Å². The Hall–Kier alpha value is -1.43. The van der Waals surface area contributed by atoms with Crippen LogP contribution in [0, 0.1) is 17.4 Å². The number of aryl methyl sites for hydroxylation is 2. The van der Waals surface area contributed by atoms with Crippen LogP contribution in [0.15, 0.2) is 30.5 Å². The molecule has 0 unspecified atom stereocenters. The Morgan fingerprint density at radius 3 is 2.26 bits per heavy atom. The van der Waals surface area contributed by atoms with E-state index in [4.69, 9.17) is 4.74 Å². The predicted molar refractivity (Wildman–Crippen MR) is 83.2 cm³/mol. The minimum absolute atomic E-state index is 0.358. The number of pyridine rings is 1. The predicted octanol–water partition coefficient (Wildman–Crippen LogP) is 3.76. The summed E-state index contributed by atoms with van der Waals surface area (Å²) >= 11 is 2.11. The highest BCUT2D eigenvalue weighted by molar-refractivity contribution is 14.1. The van der Waals surface area contributed by atoms with E-state index >= 15 is 0 Å². The number of hydrogen-bond acceptors (Lipinski definition) is 3. The molecule has 0 aliphatic heterocycles. The molecule has 0 spiro atoms. The minimum atomic E-state index is -0.406. The maximum absolute atomic E-state index is 11.5. The lowest BCUT2D eigenvalue weighted by atomic mass is 10.0. The Morgan fingerprint density at radius 1 is 1.11 bits per heavy atom. The van der Waals surface area contributed by atoms with E-state index in [2.05, 4.69) is 59.6 Å². The van der Waals surface area contributed by atoms with Crippen molar-refractivity contribution in [1.82, 2.24) is 4.98 Å². The summed E-state index contributed by atoms with van der Waals surface area (Å²) in [6.45, 7) is 4.13. The second-order valence-corrected chi connectivity index (χ2v) is 5.58. The molecule has 1 aromatic carbocycles. The van der Waals surface area contributed by atoms with Gasteiger partial charge in [0.1, 0.15) is 0 Å². The Kier molecular flexibility index (Phi) is 4.19. The summed E-state index contributed by atoms with van der Waals surface area (Å²) in [6.07, 6.45) is 1.71. The van der Waals surface area contributed by atoms with Crippen molar-refractivity contribution >= 4 is 28.6 Å². The van der Waals surface area contributed by atoms with Crippen LogP contribution in [0.1, 0.15) is 21.6 Å². The van der Waals surface area contributed by atoms with Crippen molar-refractivity contribution in [2.75, 3.05) is 7.11 Å². The molecule has 0 bridgehead atoms. The first-order valence-corrected chi connectivity index (χ1v) is 6.91. The van der Waals surface area contributed by atoms with Crippen LogP contribution in [-0.4, -0.2) is 18.1 Å². The van der Waals surface area contributed by atoms with E-state index < -0.39 is 5.97 Å². The van der Waals surface area contributed by atoms with Crippen LogP contribution in [0.4, 0.5) is 0 Å². The number of carbonyl (C=O) groups excluding carboxylic acids is 1. The third kappa shape index (κ3) is 3.12. The van der Waals surface area contributed by atoms with Gasteiger partial charge in [0, 0.05) is 15.3 Å². The van der Waals surface area contributed by atoms with Crippen LogP contribution < -0.4 is 0 Å². The lowest BCUT2D eigenvalue weighted by Crippen LogP contribution is -2.06. The molecule has 2 rings (SSSR count). The number of benzene rings is 1. The fourth-order valence-corrected chi connectivity index (χ4v) is 2.68. The van der Waals surface area contributed by atoms with Gasteiger partial charge in [-0.25, -0.2) is 9.78 Å². The molecule has 19 heavy (non-hydrogen) atoms. The Bertz CT molecular complexity index is 618. The fourth-order valence-electron chi connectivity index (χ4n) is 1.98. The summed E-state index contributed by atoms with van der Waals surface area (Å²) in [5.41, 5.74) is 4.89. The summed E-state index contributed by atoms with van der Waals surface area (Å²) in [4.78, 5) is 15.7. The molecule has 0 saturated carbocycles. The third-order valence-electron chi connectivity index (χ3n) is 2.77. The highest BCUT2D eigenvalue weighted by atomic mass is 127. The number of hydrogen-bond donors (Lipinski definition) is 0. The molecule has 0 radical (unpaired) electrons. The van der Waals surface area contributed by atoms with Gasteiger partial charge in [0.25, 0.3) is 0 Å². The van der Waals surface area contributed by atoms with E-state index in [-0.39, 0.29) is 0 Å². The summed E-state index contributed by atoms with van der Waals surface area (Å²) in [5.74, 6) is -0.406. The lowest BCUT2D eigenvalue weighted by molar-refractivity contribution is 0.0593. The van der Waals surface area contributed by atoms with Gasteiger partial charge in [-0.1, -0.05) is 29.3 Å². The molecule has 0 aliphatic carbocycles. The van der Waals surface area contributed by atoms with E-state index in [1.54, 1.807) is 6.20 Å². The number of rotatable bonds is 2. The van der Waals surface area contributed by atoms with Crippen LogP contribution >= 0.6 is 22.6 Å². The fraction of sp³-hybridized carbons (Fsp3) is 0.200. The zero-order valence-corrected chi connectivity index (χ0v) is 13.2. The Balaban J connectivity index is 2.47. The maximum Gasteiger partial charge on any atom is 0.357 e. The largest absolute Gasteiger partial charge is 0.464 e. The second-order valence-electron chi connectivity index (χ2n) is 4.42. The molecule has 3 nitrogen and oxygen atoms in total. The summed E-state index contributed by atoms with van der Waals surface area (Å²) in [7, 11) is 1.36. The Morgan fingerprint density at radius 2 is 1.74 bits per heavy atom. The summed E-state index contributed by atoms with van der Waals surface area (Å²) in [5, 5.41) is 0. The number of carbonyl (C=O) groups is 1. The number of aromatic nitrogens is 1. The molecule has 1 aromatic heterocycles. The van der Waals surface area contributed by atoms with Gasteiger partial charge in [-0.2, -0.15) is 0 Å². The number of halogens is 1. The van der Waals surface area contributed by atoms with Gasteiger partial charge in [0.05, 0.1) is 7.11 Å². The quantitative estimate of drug-likeness (QED) is 0.600. The van der Waals surface area contributed by atoms with Gasteiger partial charge in [-0.05, 0) is 48.1 Å². The summed E-state index contributed by atoms with van der Waals surface area (Å²) < 4.78 is 5.49. The topological polar surface area (TPSA) is 39.2 Å². The maximum atomic E-state index is 11.5. The van der Waals surface area contributed by atoms with Crippen molar-refractivity contribution in [3.05, 3.63) is 50.9 Å². The van der Waals surface area contributed by atoms with E-state index in [1.807, 2.05) is 6.07 Å². The van der Waals surface area contributed by atoms with E-state index in [0.717, 1.165) is 14.7 Å². The third-order valence-corrected chi connectivity index (χ3v) is 3.60. The number of nitrogens with zero attached hydrogens (tertiary/aromatic N) is 1. The van der Waals surface area contributed by atoms with Gasteiger partial charge in [-0.3, -0.25) is 0 Å². The van der Waals surface area contributed by atoms with Gasteiger partial charge in [0.2, 0.25) is 0 Å². The van der Waals surface area contributed by atoms with Crippen LogP contribution in [0.5, 0.6) is 0 Å². The van der Waals surface area contributed by atoms with Crippen molar-refractivity contribution in [2.45, 2.75) is 13.8 Å². The average molecular weight is 367 g/mol. The molecule has 0 amide bonds. The van der Waals surface area contributed by atoms with E-state index in [0.29, 0.717) is 5.69 Å². The highest BCUT2D eigenvalue weighted by Crippen LogP contribution is 2.24. The molecular formula is C15H14INO2. The first-order valence-electron chi connectivity index (χ1n) is 5.84. The first-order chi connectivity index (χ1) is 9.01. The molecule has 0 saturated heterocycles. The standard InChI is InChI=1S/C15H14INO2/c1-9-4-10(2)6-11(5-9)12-7-13(16)14(17-8-12)15(18)19-3/h4-8H,1-3H3. The zero-order chi connectivity index (χ0) is 14.0. The summed E-state index contributed by atoms with van der Waals surface area (Å²) in [6, 6.07) is 8.30. The average Bonchev–Trinajstić information content (AvgIpc) is 2.36. The molecule has 0 N–H and O–H groups in total. The normalized spacial score (nSPS) is 10.3. The molecule has 98 valence electrons. The van der Waals surface area contributed by atoms with Crippen molar-refractivity contribution in [2.24, 2.45) is 0 Å². The second kappa shape index (κ2) is 5.69. The van der Waals surface area contributed by atoms with Crippen LogP contribution in [0.3, 0.4) is 0 Å². The van der Waals surface area contributed by atoms with Gasteiger partial charge >= 0.3 is 5.97 Å². The van der Waals surface area contributed by atoms with Crippen molar-refractivity contribution in [3.8, 4) is 11.1 Å². The monoisotopic (exact) mass is 367 g/mol. The highest BCUT2D eigenvalue weighted by Gasteiger charge is 2.13. The SMILES string of the molecule is COC(=O)c1ncc(-c2cc(C)cc(C)c2)cc1I. The van der Waals surface area contributed by atoms with Gasteiger partial charge < -0.3 is 4.74 Å². The molecular weight excluding hydrogens is 353 g/mol.